The van der Waals surface area contributed by atoms with Gasteiger partial charge in [0, 0.05) is 18.3 Å². The number of alkyl halides is 3. The summed E-state index contributed by atoms with van der Waals surface area (Å²) >= 11 is 2.11. The minimum atomic E-state index is -4.70. The third kappa shape index (κ3) is 4.45. The van der Waals surface area contributed by atoms with Gasteiger partial charge in [0.1, 0.15) is 11.6 Å². The average molecular weight is 409 g/mol. The van der Waals surface area contributed by atoms with Gasteiger partial charge in [-0.2, -0.15) is 0 Å². The molecule has 1 aromatic carbocycles. The van der Waals surface area contributed by atoms with E-state index in [1.807, 2.05) is 6.92 Å². The monoisotopic (exact) mass is 409 g/mol. The van der Waals surface area contributed by atoms with E-state index in [0.717, 1.165) is 3.57 Å². The fourth-order valence-electron chi connectivity index (χ4n) is 1.60. The van der Waals surface area contributed by atoms with Gasteiger partial charge < -0.3 is 10.1 Å². The number of anilines is 1. The van der Waals surface area contributed by atoms with Crippen LogP contribution in [0.25, 0.3) is 11.4 Å². The van der Waals surface area contributed by atoms with E-state index in [9.17, 15) is 13.2 Å². The van der Waals surface area contributed by atoms with Crippen LogP contribution in [0.15, 0.2) is 30.5 Å². The van der Waals surface area contributed by atoms with Gasteiger partial charge in [-0.05, 0) is 53.8 Å². The van der Waals surface area contributed by atoms with E-state index in [0.29, 0.717) is 23.8 Å². The molecule has 1 aromatic heterocycles. The minimum Gasteiger partial charge on any atom is -0.406 e. The Balaban J connectivity index is 2.24. The molecule has 8 heteroatoms. The van der Waals surface area contributed by atoms with Crippen LogP contribution in [0, 0.1) is 3.57 Å². The quantitative estimate of drug-likeness (QED) is 0.774. The van der Waals surface area contributed by atoms with Crippen LogP contribution >= 0.6 is 22.6 Å². The van der Waals surface area contributed by atoms with Crippen molar-refractivity contribution in [2.24, 2.45) is 0 Å². The van der Waals surface area contributed by atoms with Gasteiger partial charge in [-0.25, -0.2) is 9.97 Å². The zero-order chi connectivity index (χ0) is 15.5. The largest absolute Gasteiger partial charge is 0.573 e. The second kappa shape index (κ2) is 6.46. The van der Waals surface area contributed by atoms with Crippen molar-refractivity contribution in [1.82, 2.24) is 9.97 Å². The Hall–Kier alpha value is -1.58. The van der Waals surface area contributed by atoms with E-state index in [2.05, 4.69) is 42.6 Å². The summed E-state index contributed by atoms with van der Waals surface area (Å²) in [5, 5.41) is 3.10. The van der Waals surface area contributed by atoms with Crippen molar-refractivity contribution in [3.63, 3.8) is 0 Å². The summed E-state index contributed by atoms with van der Waals surface area (Å²) in [5.74, 6) is 0.854. The zero-order valence-corrected chi connectivity index (χ0v) is 13.1. The molecule has 0 aliphatic rings. The van der Waals surface area contributed by atoms with Crippen LogP contribution in [-0.2, 0) is 0 Å². The van der Waals surface area contributed by atoms with Gasteiger partial charge in [-0.3, -0.25) is 0 Å². The molecule has 0 saturated carbocycles. The van der Waals surface area contributed by atoms with E-state index >= 15 is 0 Å². The Morgan fingerprint density at radius 2 is 1.90 bits per heavy atom. The molecule has 0 radical (unpaired) electrons. The molecule has 2 rings (SSSR count). The molecule has 0 aliphatic carbocycles. The summed E-state index contributed by atoms with van der Waals surface area (Å²) in [6.07, 6.45) is -3.04. The molecule has 1 N–H and O–H groups in total. The summed E-state index contributed by atoms with van der Waals surface area (Å²) in [5.41, 5.74) is 0.611. The summed E-state index contributed by atoms with van der Waals surface area (Å²) < 4.78 is 41.0. The van der Waals surface area contributed by atoms with Crippen molar-refractivity contribution in [1.29, 1.82) is 0 Å². The van der Waals surface area contributed by atoms with Gasteiger partial charge in [0.25, 0.3) is 0 Å². The van der Waals surface area contributed by atoms with Crippen molar-refractivity contribution < 1.29 is 17.9 Å². The highest BCUT2D eigenvalue weighted by Gasteiger charge is 2.30. The van der Waals surface area contributed by atoms with Crippen LogP contribution < -0.4 is 10.1 Å². The van der Waals surface area contributed by atoms with Gasteiger partial charge in [-0.1, -0.05) is 0 Å². The molecule has 1 heterocycles. The second-order valence-electron chi connectivity index (χ2n) is 3.99. The van der Waals surface area contributed by atoms with E-state index in [1.54, 1.807) is 6.20 Å². The molecule has 0 fully saturated rings. The molecule has 0 unspecified atom stereocenters. The van der Waals surface area contributed by atoms with Crippen LogP contribution in [0.1, 0.15) is 6.92 Å². The highest BCUT2D eigenvalue weighted by Crippen LogP contribution is 2.26. The topological polar surface area (TPSA) is 47.0 Å². The average Bonchev–Trinajstić information content (AvgIpc) is 2.41. The van der Waals surface area contributed by atoms with Crippen LogP contribution in [0.3, 0.4) is 0 Å². The lowest BCUT2D eigenvalue weighted by atomic mass is 10.2. The number of nitrogens with one attached hydrogen (secondary N) is 1. The van der Waals surface area contributed by atoms with Gasteiger partial charge in [-0.15, -0.1) is 13.2 Å². The highest BCUT2D eigenvalue weighted by atomic mass is 127. The number of hydrogen-bond donors (Lipinski definition) is 1. The number of rotatable bonds is 4. The molecular weight excluding hydrogens is 398 g/mol. The molecule has 21 heavy (non-hydrogen) atoms. The van der Waals surface area contributed by atoms with E-state index < -0.39 is 6.36 Å². The van der Waals surface area contributed by atoms with Crippen LogP contribution in [0.5, 0.6) is 5.75 Å². The third-order valence-electron chi connectivity index (χ3n) is 2.43. The molecule has 0 saturated heterocycles. The van der Waals surface area contributed by atoms with Crippen molar-refractivity contribution >= 4 is 28.4 Å². The van der Waals surface area contributed by atoms with E-state index in [-0.39, 0.29) is 5.75 Å². The van der Waals surface area contributed by atoms with E-state index in [4.69, 9.17) is 0 Å². The first-order chi connectivity index (χ1) is 9.89. The SMILES string of the molecule is CCNc1nc(-c2ccc(OC(F)(F)F)cc2)ncc1I. The predicted molar refractivity (Wildman–Crippen MR) is 81.0 cm³/mol. The Labute approximate surface area is 132 Å². The van der Waals surface area contributed by atoms with Gasteiger partial charge in [0.05, 0.1) is 3.57 Å². The number of hydrogen-bond acceptors (Lipinski definition) is 4. The molecular formula is C13H11F3IN3O. The number of aromatic nitrogens is 2. The Kier molecular flexibility index (Phi) is 4.86. The Morgan fingerprint density at radius 1 is 1.24 bits per heavy atom. The molecule has 112 valence electrons. The molecule has 4 nitrogen and oxygen atoms in total. The van der Waals surface area contributed by atoms with Crippen LogP contribution in [0.4, 0.5) is 19.0 Å². The predicted octanol–water partition coefficient (Wildman–Crippen LogP) is 4.08. The third-order valence-corrected chi connectivity index (χ3v) is 3.22. The van der Waals surface area contributed by atoms with Crippen LogP contribution in [-0.4, -0.2) is 22.9 Å². The van der Waals surface area contributed by atoms with Crippen molar-refractivity contribution in [2.45, 2.75) is 13.3 Å². The number of nitrogens with zero attached hydrogens (tertiary/aromatic N) is 2. The zero-order valence-electron chi connectivity index (χ0n) is 10.9. The first-order valence-electron chi connectivity index (χ1n) is 6.01. The lowest BCUT2D eigenvalue weighted by Crippen LogP contribution is -2.16. The maximum atomic E-state index is 12.1. The second-order valence-corrected chi connectivity index (χ2v) is 5.15. The van der Waals surface area contributed by atoms with Gasteiger partial charge in [0.15, 0.2) is 5.82 Å². The van der Waals surface area contributed by atoms with Crippen molar-refractivity contribution in [2.75, 3.05) is 11.9 Å². The summed E-state index contributed by atoms with van der Waals surface area (Å²) in [6, 6.07) is 5.44. The molecule has 0 amide bonds. The molecule has 0 aliphatic heterocycles. The molecule has 0 spiro atoms. The molecule has 2 aromatic rings. The number of halogens is 4. The summed E-state index contributed by atoms with van der Waals surface area (Å²) in [4.78, 5) is 8.52. The fourth-order valence-corrected chi connectivity index (χ4v) is 2.05. The highest BCUT2D eigenvalue weighted by molar-refractivity contribution is 14.1. The van der Waals surface area contributed by atoms with Gasteiger partial charge in [0.2, 0.25) is 0 Å². The normalized spacial score (nSPS) is 11.3. The summed E-state index contributed by atoms with van der Waals surface area (Å²) in [6.45, 7) is 2.66. The lowest BCUT2D eigenvalue weighted by molar-refractivity contribution is -0.274. The van der Waals surface area contributed by atoms with Gasteiger partial charge >= 0.3 is 6.36 Å². The number of benzene rings is 1. The number of ether oxygens (including phenoxy) is 1. The maximum absolute atomic E-state index is 12.1. The van der Waals surface area contributed by atoms with Crippen molar-refractivity contribution in [3.05, 3.63) is 34.0 Å². The Morgan fingerprint density at radius 3 is 2.48 bits per heavy atom. The first kappa shape index (κ1) is 15.8. The summed E-state index contributed by atoms with van der Waals surface area (Å²) in [7, 11) is 0. The molecule has 0 atom stereocenters. The maximum Gasteiger partial charge on any atom is 0.573 e. The van der Waals surface area contributed by atoms with Crippen LogP contribution in [0.2, 0.25) is 0 Å². The Bertz CT molecular complexity index is 617. The smallest absolute Gasteiger partial charge is 0.406 e. The minimum absolute atomic E-state index is 0.274. The standard InChI is InChI=1S/C13H11F3IN3O/c1-2-18-12-10(17)7-19-11(20-12)8-3-5-9(6-4-8)21-13(14,15)16/h3-7H,2H2,1H3,(H,18,19,20). The van der Waals surface area contributed by atoms with Crippen molar-refractivity contribution in [3.8, 4) is 17.1 Å². The lowest BCUT2D eigenvalue weighted by Gasteiger charge is -2.10. The first-order valence-corrected chi connectivity index (χ1v) is 7.09. The fraction of sp³-hybridized carbons (Fsp3) is 0.231. The molecule has 0 bridgehead atoms. The van der Waals surface area contributed by atoms with E-state index in [1.165, 1.54) is 24.3 Å².